The van der Waals surface area contributed by atoms with Crippen molar-refractivity contribution in [3.05, 3.63) is 33.8 Å². The SMILES string of the molecule is Nc1ccc(Cl)cc1-c1noc(=O)[nH]1. The molecule has 0 saturated heterocycles. The summed E-state index contributed by atoms with van der Waals surface area (Å²) in [4.78, 5) is 13.1. The lowest BCUT2D eigenvalue weighted by Gasteiger charge is -2.00. The zero-order valence-corrected chi connectivity index (χ0v) is 7.71. The van der Waals surface area contributed by atoms with Crippen LogP contribution in [-0.4, -0.2) is 10.1 Å². The quantitative estimate of drug-likeness (QED) is 0.696. The largest absolute Gasteiger partial charge is 0.439 e. The van der Waals surface area contributed by atoms with E-state index >= 15 is 0 Å². The number of rotatable bonds is 1. The van der Waals surface area contributed by atoms with Crippen molar-refractivity contribution in [1.29, 1.82) is 0 Å². The number of anilines is 1. The predicted octanol–water partition coefficient (Wildman–Crippen LogP) is 1.27. The minimum atomic E-state index is -0.626. The number of aromatic amines is 1. The van der Waals surface area contributed by atoms with Crippen LogP contribution < -0.4 is 11.5 Å². The van der Waals surface area contributed by atoms with Gasteiger partial charge in [-0.25, -0.2) is 4.79 Å². The van der Waals surface area contributed by atoms with Crippen molar-refractivity contribution in [2.45, 2.75) is 0 Å². The number of benzene rings is 1. The fraction of sp³-hybridized carbons (Fsp3) is 0. The third kappa shape index (κ3) is 1.49. The molecule has 72 valence electrons. The standard InChI is InChI=1S/C8H6ClN3O2/c9-4-1-2-6(10)5(3-4)7-11-8(13)14-12-7/h1-3H,10H2,(H,11,12,13). The van der Waals surface area contributed by atoms with Crippen molar-refractivity contribution in [2.24, 2.45) is 0 Å². The second-order valence-electron chi connectivity index (χ2n) is 2.68. The normalized spacial score (nSPS) is 10.4. The number of H-pyrrole nitrogens is 1. The van der Waals surface area contributed by atoms with Gasteiger partial charge in [0.1, 0.15) is 0 Å². The molecule has 2 aromatic rings. The molecule has 0 spiro atoms. The lowest BCUT2D eigenvalue weighted by Crippen LogP contribution is -1.96. The molecular formula is C8H6ClN3O2. The Morgan fingerprint density at radius 2 is 2.29 bits per heavy atom. The highest BCUT2D eigenvalue weighted by molar-refractivity contribution is 6.31. The average molecular weight is 212 g/mol. The van der Waals surface area contributed by atoms with Gasteiger partial charge in [0.2, 0.25) is 0 Å². The van der Waals surface area contributed by atoms with Crippen molar-refractivity contribution in [2.75, 3.05) is 5.73 Å². The molecule has 1 aromatic carbocycles. The molecule has 0 saturated carbocycles. The van der Waals surface area contributed by atoms with Gasteiger partial charge in [-0.1, -0.05) is 16.8 Å². The maximum Gasteiger partial charge on any atom is 0.439 e. The summed E-state index contributed by atoms with van der Waals surface area (Å²) in [6.45, 7) is 0. The second-order valence-corrected chi connectivity index (χ2v) is 3.11. The molecule has 14 heavy (non-hydrogen) atoms. The molecule has 0 bridgehead atoms. The lowest BCUT2D eigenvalue weighted by atomic mass is 10.2. The van der Waals surface area contributed by atoms with Crippen molar-refractivity contribution in [1.82, 2.24) is 10.1 Å². The Bertz CT molecular complexity index is 517. The maximum absolute atomic E-state index is 10.7. The number of hydrogen-bond acceptors (Lipinski definition) is 4. The van der Waals surface area contributed by atoms with Gasteiger partial charge in [-0.3, -0.25) is 9.51 Å². The molecular weight excluding hydrogens is 206 g/mol. The summed E-state index contributed by atoms with van der Waals surface area (Å²) in [7, 11) is 0. The molecule has 6 heteroatoms. The first kappa shape index (κ1) is 8.83. The number of nitrogen functional groups attached to an aromatic ring is 1. The van der Waals surface area contributed by atoms with E-state index in [1.807, 2.05) is 0 Å². The van der Waals surface area contributed by atoms with Crippen molar-refractivity contribution >= 4 is 17.3 Å². The van der Waals surface area contributed by atoms with Crippen LogP contribution in [0.15, 0.2) is 27.5 Å². The van der Waals surface area contributed by atoms with Crippen molar-refractivity contribution in [3.8, 4) is 11.4 Å². The summed E-state index contributed by atoms with van der Waals surface area (Å²) < 4.78 is 4.35. The maximum atomic E-state index is 10.7. The summed E-state index contributed by atoms with van der Waals surface area (Å²) in [5.41, 5.74) is 6.68. The highest BCUT2D eigenvalue weighted by Crippen LogP contribution is 2.25. The van der Waals surface area contributed by atoms with Gasteiger partial charge in [-0.15, -0.1) is 0 Å². The number of nitrogens with one attached hydrogen (secondary N) is 1. The van der Waals surface area contributed by atoms with E-state index in [-0.39, 0.29) is 5.82 Å². The number of nitrogens with zero attached hydrogens (tertiary/aromatic N) is 1. The van der Waals surface area contributed by atoms with Gasteiger partial charge in [-0.2, -0.15) is 0 Å². The smallest absolute Gasteiger partial charge is 0.398 e. The Morgan fingerprint density at radius 1 is 1.50 bits per heavy atom. The third-order valence-electron chi connectivity index (χ3n) is 1.71. The minimum Gasteiger partial charge on any atom is -0.398 e. The first-order valence-corrected chi connectivity index (χ1v) is 4.16. The highest BCUT2D eigenvalue weighted by Gasteiger charge is 2.08. The summed E-state index contributed by atoms with van der Waals surface area (Å²) in [5, 5.41) is 4.02. The highest BCUT2D eigenvalue weighted by atomic mass is 35.5. The molecule has 0 radical (unpaired) electrons. The molecule has 0 aliphatic heterocycles. The molecule has 0 amide bonds. The van der Waals surface area contributed by atoms with Crippen LogP contribution in [0, 0.1) is 0 Å². The number of nitrogens with two attached hydrogens (primary N) is 1. The van der Waals surface area contributed by atoms with E-state index in [0.717, 1.165) is 0 Å². The van der Waals surface area contributed by atoms with E-state index in [1.165, 1.54) is 0 Å². The van der Waals surface area contributed by atoms with Gasteiger partial charge in [0.05, 0.1) is 0 Å². The van der Waals surface area contributed by atoms with Crippen LogP contribution in [0.4, 0.5) is 5.69 Å². The van der Waals surface area contributed by atoms with Crippen LogP contribution in [0.5, 0.6) is 0 Å². The summed E-state index contributed by atoms with van der Waals surface area (Å²) in [5.74, 6) is -0.352. The number of hydrogen-bond donors (Lipinski definition) is 2. The molecule has 0 aliphatic rings. The van der Waals surface area contributed by atoms with E-state index < -0.39 is 5.76 Å². The van der Waals surface area contributed by atoms with Crippen LogP contribution in [0.3, 0.4) is 0 Å². The van der Waals surface area contributed by atoms with E-state index in [9.17, 15) is 4.79 Å². The lowest BCUT2D eigenvalue weighted by molar-refractivity contribution is 0.388. The molecule has 0 atom stereocenters. The minimum absolute atomic E-state index is 0.273. The number of aromatic nitrogens is 2. The van der Waals surface area contributed by atoms with Gasteiger partial charge in [0.15, 0.2) is 5.82 Å². The van der Waals surface area contributed by atoms with Crippen LogP contribution in [-0.2, 0) is 0 Å². The third-order valence-corrected chi connectivity index (χ3v) is 1.95. The van der Waals surface area contributed by atoms with Crippen LogP contribution in [0.1, 0.15) is 0 Å². The van der Waals surface area contributed by atoms with Gasteiger partial charge in [-0.05, 0) is 18.2 Å². The zero-order valence-electron chi connectivity index (χ0n) is 6.95. The Balaban J connectivity index is 2.61. The second kappa shape index (κ2) is 3.19. The molecule has 0 aliphatic carbocycles. The molecule has 0 fully saturated rings. The van der Waals surface area contributed by atoms with E-state index in [1.54, 1.807) is 18.2 Å². The molecule has 5 nitrogen and oxygen atoms in total. The molecule has 2 rings (SSSR count). The predicted molar refractivity (Wildman–Crippen MR) is 52.0 cm³/mol. The zero-order chi connectivity index (χ0) is 10.1. The van der Waals surface area contributed by atoms with Crippen LogP contribution >= 0.6 is 11.6 Å². The van der Waals surface area contributed by atoms with Gasteiger partial charge in [0, 0.05) is 16.3 Å². The van der Waals surface area contributed by atoms with Gasteiger partial charge < -0.3 is 5.73 Å². The average Bonchev–Trinajstić information content (AvgIpc) is 2.56. The monoisotopic (exact) mass is 211 g/mol. The van der Waals surface area contributed by atoms with E-state index in [4.69, 9.17) is 17.3 Å². The topological polar surface area (TPSA) is 84.9 Å². The fourth-order valence-corrected chi connectivity index (χ4v) is 1.25. The van der Waals surface area contributed by atoms with Crippen molar-refractivity contribution < 1.29 is 4.52 Å². The molecule has 1 aromatic heterocycles. The van der Waals surface area contributed by atoms with E-state index in [2.05, 4.69) is 14.7 Å². The fourth-order valence-electron chi connectivity index (χ4n) is 1.08. The number of halogens is 1. The van der Waals surface area contributed by atoms with Gasteiger partial charge >= 0.3 is 5.76 Å². The first-order valence-electron chi connectivity index (χ1n) is 3.78. The molecule has 3 N–H and O–H groups in total. The summed E-state index contributed by atoms with van der Waals surface area (Å²) in [6.07, 6.45) is 0. The Kier molecular flexibility index (Phi) is 2.01. The summed E-state index contributed by atoms with van der Waals surface area (Å²) in [6, 6.07) is 4.88. The Morgan fingerprint density at radius 3 is 2.93 bits per heavy atom. The molecule has 0 unspecified atom stereocenters. The van der Waals surface area contributed by atoms with Crippen molar-refractivity contribution in [3.63, 3.8) is 0 Å². The van der Waals surface area contributed by atoms with Gasteiger partial charge in [0.25, 0.3) is 0 Å². The molecule has 1 heterocycles. The summed E-state index contributed by atoms with van der Waals surface area (Å²) >= 11 is 5.77. The Labute approximate surface area is 83.5 Å². The van der Waals surface area contributed by atoms with Crippen LogP contribution in [0.2, 0.25) is 5.02 Å². The van der Waals surface area contributed by atoms with E-state index in [0.29, 0.717) is 16.3 Å². The van der Waals surface area contributed by atoms with Crippen LogP contribution in [0.25, 0.3) is 11.4 Å². The Hall–Kier alpha value is -1.75. The first-order chi connectivity index (χ1) is 6.66.